The Morgan fingerprint density at radius 1 is 1.22 bits per heavy atom. The Morgan fingerprint density at radius 3 is 2.61 bits per heavy atom. The number of carbonyl (C=O) groups excluding carboxylic acids is 2. The number of H-pyrrole nitrogens is 1. The number of aromatic amines is 1. The van der Waals surface area contributed by atoms with E-state index in [9.17, 15) is 24.3 Å². The number of hydrogen-bond acceptors (Lipinski definition) is 7. The van der Waals surface area contributed by atoms with Crippen LogP contribution < -0.4 is 11.2 Å². The zero-order chi connectivity index (χ0) is 25.9. The van der Waals surface area contributed by atoms with Crippen molar-refractivity contribution < 1.29 is 19.5 Å². The molecule has 10 nitrogen and oxygen atoms in total. The molecule has 1 atom stereocenters. The second-order valence-electron chi connectivity index (χ2n) is 9.45. The zero-order valence-electron chi connectivity index (χ0n) is 20.3. The van der Waals surface area contributed by atoms with Gasteiger partial charge in [0.2, 0.25) is 5.78 Å². The van der Waals surface area contributed by atoms with Gasteiger partial charge in [-0.2, -0.15) is 0 Å². The van der Waals surface area contributed by atoms with Crippen LogP contribution in [-0.2, 0) is 18.4 Å². The molecule has 4 aromatic rings. The van der Waals surface area contributed by atoms with Crippen LogP contribution in [0.5, 0.6) is 0 Å². The van der Waals surface area contributed by atoms with Gasteiger partial charge in [-0.05, 0) is 18.9 Å². The van der Waals surface area contributed by atoms with Gasteiger partial charge in [-0.25, -0.2) is 9.86 Å². The van der Waals surface area contributed by atoms with Crippen molar-refractivity contribution in [2.24, 2.45) is 13.0 Å². The smallest absolute Gasteiger partial charge is 0.331 e. The maximum Gasteiger partial charge on any atom is 0.331 e. The predicted molar refractivity (Wildman–Crippen MR) is 136 cm³/mol. The molecule has 0 bridgehead atoms. The van der Waals surface area contributed by atoms with Crippen molar-refractivity contribution in [3.05, 3.63) is 66.8 Å². The van der Waals surface area contributed by atoms with E-state index >= 15 is 0 Å². The molecule has 11 heteroatoms. The molecule has 2 N–H and O–H groups in total. The van der Waals surface area contributed by atoms with Crippen molar-refractivity contribution in [3.8, 4) is 0 Å². The number of hydrogen-bond donors (Lipinski definition) is 2. The summed E-state index contributed by atoms with van der Waals surface area (Å²) in [7, 11) is 1.36. The molecule has 1 amide bonds. The molecular formula is C25H26N4O6S. The fourth-order valence-corrected chi connectivity index (χ4v) is 5.88. The maximum absolute atomic E-state index is 14.1. The van der Waals surface area contributed by atoms with Crippen LogP contribution in [-0.4, -0.2) is 55.2 Å². The summed E-state index contributed by atoms with van der Waals surface area (Å²) in [5.41, 5.74) is 0.490. The van der Waals surface area contributed by atoms with Crippen molar-refractivity contribution >= 4 is 44.1 Å². The lowest BCUT2D eigenvalue weighted by Gasteiger charge is -2.15. The first kappa shape index (κ1) is 24.2. The molecule has 1 fully saturated rings. The van der Waals surface area contributed by atoms with E-state index in [0.29, 0.717) is 23.2 Å². The first-order valence-corrected chi connectivity index (χ1v) is 12.4. The van der Waals surface area contributed by atoms with Crippen molar-refractivity contribution in [1.82, 2.24) is 19.2 Å². The monoisotopic (exact) mass is 510 g/mol. The summed E-state index contributed by atoms with van der Waals surface area (Å²) in [4.78, 5) is 63.0. The number of fused-ring (bicyclic) bond motifs is 2. The van der Waals surface area contributed by atoms with Gasteiger partial charge in [-0.1, -0.05) is 32.0 Å². The van der Waals surface area contributed by atoms with E-state index in [4.69, 9.17) is 4.84 Å². The average molecular weight is 511 g/mol. The summed E-state index contributed by atoms with van der Waals surface area (Å²) in [5.74, 6) is -1.07. The molecular weight excluding hydrogens is 484 g/mol. The van der Waals surface area contributed by atoms with Crippen LogP contribution in [0.25, 0.3) is 21.1 Å². The van der Waals surface area contributed by atoms with Crippen molar-refractivity contribution in [3.63, 3.8) is 0 Å². The number of ketones is 1. The molecule has 1 aliphatic rings. The van der Waals surface area contributed by atoms with Crippen LogP contribution in [0.3, 0.4) is 0 Å². The zero-order valence-corrected chi connectivity index (χ0v) is 21.1. The number of aryl methyl sites for hydroxylation is 1. The van der Waals surface area contributed by atoms with Crippen molar-refractivity contribution in [2.45, 2.75) is 33.4 Å². The quantitative estimate of drug-likeness (QED) is 0.397. The summed E-state index contributed by atoms with van der Waals surface area (Å²) in [6.07, 6.45) is -0.879. The van der Waals surface area contributed by atoms with Gasteiger partial charge in [-0.3, -0.25) is 28.4 Å². The molecule has 0 radical (unpaired) electrons. The number of amides is 1. The molecule has 1 aliphatic heterocycles. The predicted octanol–water partition coefficient (Wildman–Crippen LogP) is 2.19. The highest BCUT2D eigenvalue weighted by Gasteiger charge is 2.36. The third-order valence-electron chi connectivity index (χ3n) is 6.29. The van der Waals surface area contributed by atoms with E-state index in [1.54, 1.807) is 6.92 Å². The lowest BCUT2D eigenvalue weighted by atomic mass is 10.0. The fraction of sp³-hybridized carbons (Fsp3) is 0.360. The summed E-state index contributed by atoms with van der Waals surface area (Å²) < 4.78 is 2.40. The van der Waals surface area contributed by atoms with Crippen LogP contribution in [0.4, 0.5) is 0 Å². The number of rotatable bonds is 5. The topological polar surface area (TPSA) is 127 Å². The van der Waals surface area contributed by atoms with Gasteiger partial charge in [0.15, 0.2) is 0 Å². The van der Waals surface area contributed by atoms with Crippen LogP contribution >= 0.6 is 11.3 Å². The average Bonchev–Trinajstić information content (AvgIpc) is 3.53. The van der Waals surface area contributed by atoms with Gasteiger partial charge < -0.3 is 10.1 Å². The lowest BCUT2D eigenvalue weighted by molar-refractivity contribution is -0.0778. The number of aromatic nitrogens is 3. The molecule has 36 heavy (non-hydrogen) atoms. The molecule has 4 heterocycles. The highest BCUT2D eigenvalue weighted by atomic mass is 32.1. The summed E-state index contributed by atoms with van der Waals surface area (Å²) in [6, 6.07) is 7.34. The highest BCUT2D eigenvalue weighted by Crippen LogP contribution is 2.35. The first-order valence-electron chi connectivity index (χ1n) is 11.6. The molecule has 0 spiro atoms. The minimum atomic E-state index is -0.879. The summed E-state index contributed by atoms with van der Waals surface area (Å²) in [5, 5.41) is 11.6. The number of thiophene rings is 1. The van der Waals surface area contributed by atoms with E-state index in [1.807, 2.05) is 38.1 Å². The van der Waals surface area contributed by atoms with Crippen LogP contribution in [0, 0.1) is 12.8 Å². The van der Waals surface area contributed by atoms with Gasteiger partial charge >= 0.3 is 5.69 Å². The Labute approximate surface area is 209 Å². The van der Waals surface area contributed by atoms with Crippen molar-refractivity contribution in [1.29, 1.82) is 0 Å². The lowest BCUT2D eigenvalue weighted by Crippen LogP contribution is -2.39. The third-order valence-corrected chi connectivity index (χ3v) is 7.50. The number of nitrogens with one attached hydrogen (secondary N) is 1. The van der Waals surface area contributed by atoms with Gasteiger partial charge in [0.05, 0.1) is 27.9 Å². The minimum absolute atomic E-state index is 0.00131. The Kier molecular flexibility index (Phi) is 5.93. The Hall–Kier alpha value is -3.54. The van der Waals surface area contributed by atoms with E-state index in [0.717, 1.165) is 26.5 Å². The molecule has 1 saturated heterocycles. The Morgan fingerprint density at radius 2 is 1.94 bits per heavy atom. The van der Waals surface area contributed by atoms with Crippen molar-refractivity contribution in [2.75, 3.05) is 13.2 Å². The van der Waals surface area contributed by atoms with E-state index in [1.165, 1.54) is 11.6 Å². The highest BCUT2D eigenvalue weighted by molar-refractivity contribution is 7.21. The van der Waals surface area contributed by atoms with Crippen LogP contribution in [0.2, 0.25) is 0 Å². The van der Waals surface area contributed by atoms with Gasteiger partial charge in [-0.15, -0.1) is 11.3 Å². The maximum atomic E-state index is 14.1. The Balaban J connectivity index is 1.84. The number of aliphatic hydroxyl groups is 1. The fourth-order valence-electron chi connectivity index (χ4n) is 4.64. The van der Waals surface area contributed by atoms with E-state index < -0.39 is 29.0 Å². The largest absolute Gasteiger partial charge is 0.389 e. The normalized spacial score (nSPS) is 16.1. The molecule has 3 aromatic heterocycles. The summed E-state index contributed by atoms with van der Waals surface area (Å²) in [6.45, 7) is 5.77. The molecule has 0 saturated carbocycles. The van der Waals surface area contributed by atoms with Crippen LogP contribution in [0.15, 0.2) is 33.9 Å². The number of hydroxylamine groups is 2. The molecule has 5 rings (SSSR count). The van der Waals surface area contributed by atoms with Gasteiger partial charge in [0.25, 0.3) is 11.5 Å². The van der Waals surface area contributed by atoms with Gasteiger partial charge in [0, 0.05) is 30.2 Å². The van der Waals surface area contributed by atoms with E-state index in [-0.39, 0.29) is 39.7 Å². The third kappa shape index (κ3) is 3.71. The second kappa shape index (κ2) is 8.84. The summed E-state index contributed by atoms with van der Waals surface area (Å²) >= 11 is 0.962. The molecule has 1 unspecified atom stereocenters. The number of nitrogens with zero attached hydrogens (tertiary/aromatic N) is 3. The molecule has 188 valence electrons. The molecule has 1 aromatic carbocycles. The number of carbonyl (C=O) groups is 2. The number of para-hydroxylation sites is 1. The Bertz CT molecular complexity index is 1660. The SMILES string of the molecule is Cc1[nH]c2ccccc2c1C(=O)c1sc2c(c1C(=O)N1CC(O)CO1)c(=O)n(C)c(=O)n2CC(C)C. The first-order chi connectivity index (χ1) is 17.1. The number of β-amino-alcohol motifs (C(OH)–C–C–N with tert-alkyl or cyclic N) is 1. The number of benzene rings is 1. The van der Waals surface area contributed by atoms with E-state index in [2.05, 4.69) is 4.98 Å². The number of aliphatic hydroxyl groups excluding tert-OH is 1. The molecule has 0 aliphatic carbocycles. The van der Waals surface area contributed by atoms with Gasteiger partial charge in [0.1, 0.15) is 17.5 Å². The standard InChI is InChI=1S/C25H26N4O6S/c1-12(2)9-28-24-19(22(32)27(4)25(28)34)18(23(33)29-10-14(30)11-35-29)21(36-24)20(31)17-13(3)26-16-8-6-5-7-15(16)17/h5-8,12,14,26,30H,9-11H2,1-4H3. The second-order valence-corrected chi connectivity index (χ2v) is 10.5. The van der Waals surface area contributed by atoms with Crippen LogP contribution in [0.1, 0.15) is 45.1 Å². The minimum Gasteiger partial charge on any atom is -0.389 e.